The number of halogens is 1. The average Bonchev–Trinajstić information content (AvgIpc) is 3.42. The number of thiazole rings is 1. The number of rotatable bonds is 9. The molecule has 2 aromatic rings. The van der Waals surface area contributed by atoms with E-state index in [2.05, 4.69) is 4.98 Å². The fourth-order valence-electron chi connectivity index (χ4n) is 4.24. The van der Waals surface area contributed by atoms with Crippen LogP contribution in [0.3, 0.4) is 0 Å². The lowest BCUT2D eigenvalue weighted by Gasteiger charge is -2.21. The summed E-state index contributed by atoms with van der Waals surface area (Å²) in [6.07, 6.45) is 3.65. The number of amides is 1. The molecule has 0 spiro atoms. The summed E-state index contributed by atoms with van der Waals surface area (Å²) in [5.41, 5.74) is 0.703. The van der Waals surface area contributed by atoms with E-state index in [0.29, 0.717) is 42.9 Å². The van der Waals surface area contributed by atoms with Gasteiger partial charge in [0.2, 0.25) is 5.91 Å². The maximum atomic E-state index is 13.3. The summed E-state index contributed by atoms with van der Waals surface area (Å²) in [7, 11) is -3.32. The van der Waals surface area contributed by atoms with E-state index in [1.807, 2.05) is 0 Å². The minimum atomic E-state index is -3.32. The van der Waals surface area contributed by atoms with Crippen molar-refractivity contribution < 1.29 is 27.5 Å². The van der Waals surface area contributed by atoms with Gasteiger partial charge in [0.15, 0.2) is 15.0 Å². The first-order valence-corrected chi connectivity index (χ1v) is 13.0. The first-order valence-electron chi connectivity index (χ1n) is 10.6. The highest BCUT2D eigenvalue weighted by molar-refractivity contribution is 7.92. The standard InChI is InChI=1S/C22H25FN2O5S2/c23-20-11-24-21(31-20)10-19(27)18(9-14-7-8-25(12-14)22(28)13-26)15-1-3-16(4-2-15)32(29,30)17-5-6-17/h1-4,11,14,17-18,26H,5-10,12-13H2/t14-,18-/m1/s1. The first kappa shape index (κ1) is 23.0. The smallest absolute Gasteiger partial charge is 0.248 e. The Morgan fingerprint density at radius 3 is 2.53 bits per heavy atom. The van der Waals surface area contributed by atoms with Gasteiger partial charge in [-0.15, -0.1) is 0 Å². The Labute approximate surface area is 190 Å². The number of aliphatic hydroxyl groups is 1. The number of aromatic nitrogens is 1. The van der Waals surface area contributed by atoms with Gasteiger partial charge in [-0.05, 0) is 49.3 Å². The molecule has 2 atom stereocenters. The molecule has 0 unspecified atom stereocenters. The first-order chi connectivity index (χ1) is 15.3. The number of ketones is 1. The molecule has 1 aliphatic carbocycles. The molecule has 1 N–H and O–H groups in total. The number of benzene rings is 1. The number of Topliss-reactive ketones (excluding diaryl/α,β-unsaturated/α-hetero) is 1. The minimum Gasteiger partial charge on any atom is -0.387 e. The molecule has 2 aliphatic rings. The van der Waals surface area contributed by atoms with Crippen LogP contribution in [0.1, 0.15) is 42.2 Å². The predicted octanol–water partition coefficient (Wildman–Crippen LogP) is 2.34. The lowest BCUT2D eigenvalue weighted by Crippen LogP contribution is -2.31. The van der Waals surface area contributed by atoms with Crippen molar-refractivity contribution in [1.29, 1.82) is 0 Å². The predicted molar refractivity (Wildman–Crippen MR) is 117 cm³/mol. The van der Waals surface area contributed by atoms with Gasteiger partial charge >= 0.3 is 0 Å². The van der Waals surface area contributed by atoms with Gasteiger partial charge in [-0.2, -0.15) is 4.39 Å². The number of carbonyl (C=O) groups is 2. The SMILES string of the molecule is O=C(Cc1ncc(F)s1)[C@H](C[C@H]1CCN(C(=O)CO)C1)c1ccc(S(=O)(=O)C2CC2)cc1. The second kappa shape index (κ2) is 9.36. The number of nitrogens with zero attached hydrogens (tertiary/aromatic N) is 2. The van der Waals surface area contributed by atoms with Crippen LogP contribution in [0, 0.1) is 11.0 Å². The molecule has 32 heavy (non-hydrogen) atoms. The summed E-state index contributed by atoms with van der Waals surface area (Å²) in [4.78, 5) is 30.8. The molecule has 172 valence electrons. The number of hydrogen-bond acceptors (Lipinski definition) is 7. The molecule has 1 amide bonds. The van der Waals surface area contributed by atoms with Crippen molar-refractivity contribution in [2.24, 2.45) is 5.92 Å². The molecule has 1 saturated carbocycles. The van der Waals surface area contributed by atoms with E-state index in [4.69, 9.17) is 5.11 Å². The van der Waals surface area contributed by atoms with Crippen molar-refractivity contribution in [3.8, 4) is 0 Å². The highest BCUT2D eigenvalue weighted by Crippen LogP contribution is 2.35. The number of carbonyl (C=O) groups excluding carboxylic acids is 2. The Bertz CT molecular complexity index is 1100. The van der Waals surface area contributed by atoms with Gasteiger partial charge < -0.3 is 10.0 Å². The van der Waals surface area contributed by atoms with E-state index in [9.17, 15) is 22.4 Å². The summed E-state index contributed by atoms with van der Waals surface area (Å²) < 4.78 is 38.3. The average molecular weight is 481 g/mol. The summed E-state index contributed by atoms with van der Waals surface area (Å²) in [5.74, 6) is -0.900. The minimum absolute atomic E-state index is 0.00657. The summed E-state index contributed by atoms with van der Waals surface area (Å²) >= 11 is 0.836. The molecule has 1 aromatic carbocycles. The molecule has 0 radical (unpaired) electrons. The van der Waals surface area contributed by atoms with Crippen molar-refractivity contribution in [1.82, 2.24) is 9.88 Å². The zero-order valence-electron chi connectivity index (χ0n) is 17.4. The molecule has 2 heterocycles. The van der Waals surface area contributed by atoms with Gasteiger partial charge in [-0.25, -0.2) is 13.4 Å². The van der Waals surface area contributed by atoms with Gasteiger partial charge in [0.05, 0.1) is 22.8 Å². The lowest BCUT2D eigenvalue weighted by molar-refractivity contribution is -0.133. The molecular formula is C22H25FN2O5S2. The van der Waals surface area contributed by atoms with Crippen LogP contribution in [-0.4, -0.2) is 60.0 Å². The fraction of sp³-hybridized carbons (Fsp3) is 0.500. The topological polar surface area (TPSA) is 105 Å². The molecule has 0 bridgehead atoms. The molecular weight excluding hydrogens is 455 g/mol. The molecule has 7 nitrogen and oxygen atoms in total. The van der Waals surface area contributed by atoms with Crippen molar-refractivity contribution in [3.63, 3.8) is 0 Å². The Morgan fingerprint density at radius 2 is 1.94 bits per heavy atom. The Hall–Kier alpha value is -2.17. The molecule has 1 aromatic heterocycles. The van der Waals surface area contributed by atoms with E-state index >= 15 is 0 Å². The fourth-order valence-corrected chi connectivity index (χ4v) is 6.55. The van der Waals surface area contributed by atoms with Crippen molar-refractivity contribution in [3.05, 3.63) is 46.2 Å². The monoisotopic (exact) mass is 480 g/mol. The highest BCUT2D eigenvalue weighted by Gasteiger charge is 2.37. The van der Waals surface area contributed by atoms with Crippen molar-refractivity contribution in [2.75, 3.05) is 19.7 Å². The number of sulfone groups is 1. The van der Waals surface area contributed by atoms with Gasteiger partial charge in [-0.1, -0.05) is 23.5 Å². The van der Waals surface area contributed by atoms with E-state index in [-0.39, 0.29) is 34.2 Å². The lowest BCUT2D eigenvalue weighted by atomic mass is 9.84. The maximum Gasteiger partial charge on any atom is 0.248 e. The van der Waals surface area contributed by atoms with Gasteiger partial charge in [-0.3, -0.25) is 9.59 Å². The van der Waals surface area contributed by atoms with Crippen molar-refractivity contribution in [2.45, 2.75) is 48.2 Å². The van der Waals surface area contributed by atoms with Crippen LogP contribution in [0.5, 0.6) is 0 Å². The van der Waals surface area contributed by atoms with Crippen LogP contribution >= 0.6 is 11.3 Å². The molecule has 1 saturated heterocycles. The van der Waals surface area contributed by atoms with Gasteiger partial charge in [0.25, 0.3) is 0 Å². The third-order valence-electron chi connectivity index (χ3n) is 6.16. The summed E-state index contributed by atoms with van der Waals surface area (Å²) in [6, 6.07) is 6.49. The van der Waals surface area contributed by atoms with Crippen LogP contribution < -0.4 is 0 Å². The molecule has 4 rings (SSSR count). The van der Waals surface area contributed by atoms with E-state index < -0.39 is 27.5 Å². The number of hydrogen-bond donors (Lipinski definition) is 1. The summed E-state index contributed by atoms with van der Waals surface area (Å²) in [5, 5.41) is 8.74. The largest absolute Gasteiger partial charge is 0.387 e. The van der Waals surface area contributed by atoms with Crippen LogP contribution in [0.25, 0.3) is 0 Å². The van der Waals surface area contributed by atoms with Crippen LogP contribution in [0.4, 0.5) is 4.39 Å². The second-order valence-corrected chi connectivity index (χ2v) is 11.7. The maximum absolute atomic E-state index is 13.3. The molecule has 10 heteroatoms. The van der Waals surface area contributed by atoms with Crippen LogP contribution in [-0.2, 0) is 25.8 Å². The molecule has 2 fully saturated rings. The Kier molecular flexibility index (Phi) is 6.73. The van der Waals surface area contributed by atoms with Gasteiger partial charge in [0, 0.05) is 19.0 Å². The number of aliphatic hydroxyl groups excluding tert-OH is 1. The van der Waals surface area contributed by atoms with E-state index in [0.717, 1.165) is 24.0 Å². The van der Waals surface area contributed by atoms with Crippen LogP contribution in [0.15, 0.2) is 35.4 Å². The zero-order valence-corrected chi connectivity index (χ0v) is 19.1. The summed E-state index contributed by atoms with van der Waals surface area (Å²) in [6.45, 7) is 0.450. The highest BCUT2D eigenvalue weighted by atomic mass is 32.2. The van der Waals surface area contributed by atoms with Crippen molar-refractivity contribution >= 4 is 32.9 Å². The Morgan fingerprint density at radius 1 is 1.22 bits per heavy atom. The third-order valence-corrected chi connectivity index (χ3v) is 9.22. The quantitative estimate of drug-likeness (QED) is 0.591. The van der Waals surface area contributed by atoms with E-state index in [1.54, 1.807) is 29.2 Å². The second-order valence-electron chi connectivity index (χ2n) is 8.46. The third kappa shape index (κ3) is 5.07. The molecule has 1 aliphatic heterocycles. The Balaban J connectivity index is 1.54. The van der Waals surface area contributed by atoms with Crippen LogP contribution in [0.2, 0.25) is 0 Å². The van der Waals surface area contributed by atoms with E-state index in [1.165, 1.54) is 0 Å². The number of likely N-dealkylation sites (tertiary alicyclic amines) is 1. The van der Waals surface area contributed by atoms with Gasteiger partial charge in [0.1, 0.15) is 17.4 Å². The zero-order chi connectivity index (χ0) is 22.9. The normalized spacial score (nSPS) is 19.8.